The second kappa shape index (κ2) is 5.16. The maximum atomic E-state index is 11.9. The Morgan fingerprint density at radius 1 is 1.30 bits per heavy atom. The lowest BCUT2D eigenvalue weighted by Gasteiger charge is -2.12. The van der Waals surface area contributed by atoms with Gasteiger partial charge in [0, 0.05) is 22.6 Å². The predicted molar refractivity (Wildman–Crippen MR) is 76.4 cm³/mol. The quantitative estimate of drug-likeness (QED) is 0.798. The third-order valence-electron chi connectivity index (χ3n) is 3.11. The number of carbonyl (C=O) groups excluding carboxylic acids is 1. The number of aryl methyl sites for hydroxylation is 2. The zero-order chi connectivity index (χ0) is 14.9. The summed E-state index contributed by atoms with van der Waals surface area (Å²) in [7, 11) is 0. The van der Waals surface area contributed by atoms with Gasteiger partial charge >= 0.3 is 5.69 Å². The molecule has 0 saturated carbocycles. The minimum absolute atomic E-state index is 0.308. The number of carbonyl (C=O) groups is 1. The smallest absolute Gasteiger partial charge is 0.348 e. The van der Waals surface area contributed by atoms with E-state index in [1.54, 1.807) is 19.1 Å². The van der Waals surface area contributed by atoms with Crippen molar-refractivity contribution in [2.24, 2.45) is 5.73 Å². The molecule has 2 rings (SSSR count). The van der Waals surface area contributed by atoms with Crippen LogP contribution < -0.4 is 17.2 Å². The highest BCUT2D eigenvalue weighted by molar-refractivity contribution is 5.93. The highest BCUT2D eigenvalue weighted by Crippen LogP contribution is 2.15. The lowest BCUT2D eigenvalue weighted by Crippen LogP contribution is -2.26. The Morgan fingerprint density at radius 3 is 2.55 bits per heavy atom. The molecule has 104 valence electrons. The Balaban J connectivity index is 2.41. The Labute approximate surface area is 116 Å². The molecule has 4 N–H and O–H groups in total. The van der Waals surface area contributed by atoms with Crippen LogP contribution in [0.2, 0.25) is 0 Å². The van der Waals surface area contributed by atoms with Gasteiger partial charge in [0.1, 0.15) is 0 Å². The van der Waals surface area contributed by atoms with Gasteiger partial charge in [-0.05, 0) is 37.6 Å². The Hall–Kier alpha value is -2.63. The molecule has 6 nitrogen and oxygen atoms in total. The van der Waals surface area contributed by atoms with Crippen molar-refractivity contribution in [2.75, 3.05) is 5.73 Å². The van der Waals surface area contributed by atoms with Crippen molar-refractivity contribution in [3.63, 3.8) is 0 Å². The Kier molecular flexibility index (Phi) is 3.56. The summed E-state index contributed by atoms with van der Waals surface area (Å²) in [5, 5.41) is 0. The van der Waals surface area contributed by atoms with E-state index in [1.807, 2.05) is 13.0 Å². The molecule has 6 heteroatoms. The van der Waals surface area contributed by atoms with Gasteiger partial charge in [-0.25, -0.2) is 4.79 Å². The summed E-state index contributed by atoms with van der Waals surface area (Å²) >= 11 is 0. The standard InChI is InChI=1S/C14H16N4O2/c1-8-5-9(2)18(14(20)17-8)7-11-4-3-10(13(16)19)6-12(11)15/h3-6H,7,15H2,1-2H3,(H2,16,19). The van der Waals surface area contributed by atoms with Crippen molar-refractivity contribution < 1.29 is 4.79 Å². The number of hydrogen-bond acceptors (Lipinski definition) is 4. The average Bonchev–Trinajstić information content (AvgIpc) is 2.34. The third-order valence-corrected chi connectivity index (χ3v) is 3.11. The number of hydrogen-bond donors (Lipinski definition) is 2. The van der Waals surface area contributed by atoms with Crippen LogP contribution in [0.1, 0.15) is 27.3 Å². The van der Waals surface area contributed by atoms with Gasteiger partial charge in [-0.2, -0.15) is 4.98 Å². The monoisotopic (exact) mass is 272 g/mol. The van der Waals surface area contributed by atoms with Gasteiger partial charge in [-0.1, -0.05) is 6.07 Å². The van der Waals surface area contributed by atoms with Gasteiger partial charge in [0.05, 0.1) is 6.54 Å². The molecule has 1 heterocycles. The lowest BCUT2D eigenvalue weighted by atomic mass is 10.1. The van der Waals surface area contributed by atoms with E-state index >= 15 is 0 Å². The minimum Gasteiger partial charge on any atom is -0.398 e. The fraction of sp³-hybridized carbons (Fsp3) is 0.214. The van der Waals surface area contributed by atoms with E-state index in [-0.39, 0.29) is 5.69 Å². The number of amides is 1. The predicted octanol–water partition coefficient (Wildman–Crippen LogP) is 0.590. The van der Waals surface area contributed by atoms with Crippen molar-refractivity contribution in [1.82, 2.24) is 9.55 Å². The van der Waals surface area contributed by atoms with Crippen LogP contribution in [-0.4, -0.2) is 15.5 Å². The highest BCUT2D eigenvalue weighted by atomic mass is 16.1. The van der Waals surface area contributed by atoms with Gasteiger partial charge in [-0.3, -0.25) is 9.36 Å². The van der Waals surface area contributed by atoms with Crippen molar-refractivity contribution in [3.05, 3.63) is 57.3 Å². The number of primary amides is 1. The third kappa shape index (κ3) is 2.69. The number of nitrogen functional groups attached to an aromatic ring is 1. The first-order chi connectivity index (χ1) is 9.38. The summed E-state index contributed by atoms with van der Waals surface area (Å²) in [6.45, 7) is 3.92. The van der Waals surface area contributed by atoms with Crippen LogP contribution in [-0.2, 0) is 6.54 Å². The summed E-state index contributed by atoms with van der Waals surface area (Å²) in [6.07, 6.45) is 0. The van der Waals surface area contributed by atoms with Crippen molar-refractivity contribution in [2.45, 2.75) is 20.4 Å². The molecular formula is C14H16N4O2. The largest absolute Gasteiger partial charge is 0.398 e. The van der Waals surface area contributed by atoms with Gasteiger partial charge in [0.2, 0.25) is 5.91 Å². The summed E-state index contributed by atoms with van der Waals surface area (Å²) < 4.78 is 1.53. The molecule has 0 saturated heterocycles. The van der Waals surface area contributed by atoms with E-state index in [4.69, 9.17) is 11.5 Å². The molecule has 0 radical (unpaired) electrons. The SMILES string of the molecule is Cc1cc(C)n(Cc2ccc(C(N)=O)cc2N)c(=O)n1. The number of nitrogens with zero attached hydrogens (tertiary/aromatic N) is 2. The number of rotatable bonds is 3. The first kappa shape index (κ1) is 13.8. The molecular weight excluding hydrogens is 256 g/mol. The van der Waals surface area contributed by atoms with Crippen LogP contribution >= 0.6 is 0 Å². The van der Waals surface area contributed by atoms with E-state index in [0.717, 1.165) is 11.3 Å². The molecule has 0 aliphatic rings. The van der Waals surface area contributed by atoms with E-state index < -0.39 is 5.91 Å². The fourth-order valence-electron chi connectivity index (χ4n) is 2.03. The number of nitrogens with two attached hydrogens (primary N) is 2. The van der Waals surface area contributed by atoms with Crippen LogP contribution in [0.15, 0.2) is 29.1 Å². The normalized spacial score (nSPS) is 10.5. The van der Waals surface area contributed by atoms with Crippen LogP contribution in [0.3, 0.4) is 0 Å². The maximum Gasteiger partial charge on any atom is 0.348 e. The first-order valence-electron chi connectivity index (χ1n) is 6.12. The second-order valence-electron chi connectivity index (χ2n) is 4.69. The van der Waals surface area contributed by atoms with Crippen LogP contribution in [0.5, 0.6) is 0 Å². The zero-order valence-electron chi connectivity index (χ0n) is 11.4. The van der Waals surface area contributed by atoms with E-state index in [9.17, 15) is 9.59 Å². The van der Waals surface area contributed by atoms with Gasteiger partial charge in [-0.15, -0.1) is 0 Å². The van der Waals surface area contributed by atoms with Gasteiger partial charge < -0.3 is 11.5 Å². The first-order valence-corrected chi connectivity index (χ1v) is 6.12. The second-order valence-corrected chi connectivity index (χ2v) is 4.69. The summed E-state index contributed by atoms with van der Waals surface area (Å²) in [5.74, 6) is -0.534. The summed E-state index contributed by atoms with van der Waals surface area (Å²) in [5.41, 5.74) is 13.8. The lowest BCUT2D eigenvalue weighted by molar-refractivity contribution is 0.100. The van der Waals surface area contributed by atoms with E-state index in [2.05, 4.69) is 4.98 Å². The topological polar surface area (TPSA) is 104 Å². The number of aromatic nitrogens is 2. The highest BCUT2D eigenvalue weighted by Gasteiger charge is 2.08. The summed E-state index contributed by atoms with van der Waals surface area (Å²) in [6, 6.07) is 6.63. The van der Waals surface area contributed by atoms with Crippen LogP contribution in [0.4, 0.5) is 5.69 Å². The number of benzene rings is 1. The molecule has 0 aliphatic carbocycles. The Bertz CT molecular complexity index is 734. The fourth-order valence-corrected chi connectivity index (χ4v) is 2.03. The molecule has 0 fully saturated rings. The molecule has 20 heavy (non-hydrogen) atoms. The van der Waals surface area contributed by atoms with Crippen molar-refractivity contribution in [3.8, 4) is 0 Å². The van der Waals surface area contributed by atoms with Gasteiger partial charge in [0.25, 0.3) is 0 Å². The Morgan fingerprint density at radius 2 is 2.00 bits per heavy atom. The van der Waals surface area contributed by atoms with E-state index in [0.29, 0.717) is 23.5 Å². The molecule has 0 bridgehead atoms. The minimum atomic E-state index is -0.534. The summed E-state index contributed by atoms with van der Waals surface area (Å²) in [4.78, 5) is 26.9. The maximum absolute atomic E-state index is 11.9. The van der Waals surface area contributed by atoms with Crippen LogP contribution in [0.25, 0.3) is 0 Å². The average molecular weight is 272 g/mol. The molecule has 1 amide bonds. The molecule has 1 aromatic carbocycles. The zero-order valence-corrected chi connectivity index (χ0v) is 11.4. The number of anilines is 1. The molecule has 1 aromatic heterocycles. The molecule has 0 spiro atoms. The molecule has 0 unspecified atom stereocenters. The van der Waals surface area contributed by atoms with Crippen molar-refractivity contribution >= 4 is 11.6 Å². The molecule has 0 atom stereocenters. The van der Waals surface area contributed by atoms with Gasteiger partial charge in [0.15, 0.2) is 0 Å². The van der Waals surface area contributed by atoms with Crippen molar-refractivity contribution in [1.29, 1.82) is 0 Å². The molecule has 2 aromatic rings. The van der Waals surface area contributed by atoms with E-state index in [1.165, 1.54) is 10.6 Å². The molecule has 0 aliphatic heterocycles. The van der Waals surface area contributed by atoms with Crippen LogP contribution in [0, 0.1) is 13.8 Å².